The summed E-state index contributed by atoms with van der Waals surface area (Å²) in [5, 5.41) is 0. The molecule has 1 heterocycles. The van der Waals surface area contributed by atoms with Crippen LogP contribution in [0.25, 0.3) is 0 Å². The number of carbonyl (C=O) groups excluding carboxylic acids is 1. The molecule has 92 valence electrons. The Bertz CT molecular complexity index is 401. The average molecular weight is 232 g/mol. The van der Waals surface area contributed by atoms with Crippen LogP contribution >= 0.6 is 0 Å². The number of rotatable bonds is 0. The van der Waals surface area contributed by atoms with E-state index in [0.29, 0.717) is 5.57 Å². The highest BCUT2D eigenvalue weighted by Crippen LogP contribution is 2.33. The lowest BCUT2D eigenvalue weighted by Crippen LogP contribution is -2.15. The Hall–Kier alpha value is -1.31. The summed E-state index contributed by atoms with van der Waals surface area (Å²) in [6.45, 7) is 8.14. The van der Waals surface area contributed by atoms with Crippen LogP contribution in [-0.2, 0) is 9.53 Å². The van der Waals surface area contributed by atoms with Crippen LogP contribution in [0.5, 0.6) is 0 Å². The van der Waals surface area contributed by atoms with Gasteiger partial charge in [0.25, 0.3) is 0 Å². The van der Waals surface area contributed by atoms with Crippen LogP contribution in [0.4, 0.5) is 0 Å². The molecule has 0 amide bonds. The second kappa shape index (κ2) is 4.91. The maximum absolute atomic E-state index is 11.6. The topological polar surface area (TPSA) is 26.3 Å². The monoisotopic (exact) mass is 232 g/mol. The van der Waals surface area contributed by atoms with Gasteiger partial charge >= 0.3 is 5.97 Å². The molecule has 0 spiro atoms. The van der Waals surface area contributed by atoms with Gasteiger partial charge in [-0.1, -0.05) is 23.8 Å². The van der Waals surface area contributed by atoms with Gasteiger partial charge in [-0.15, -0.1) is 0 Å². The first-order chi connectivity index (χ1) is 8.08. The van der Waals surface area contributed by atoms with Gasteiger partial charge in [0.2, 0.25) is 0 Å². The average Bonchev–Trinajstić information content (AvgIpc) is 2.52. The van der Waals surface area contributed by atoms with Crippen LogP contribution in [0.3, 0.4) is 0 Å². The van der Waals surface area contributed by atoms with Gasteiger partial charge in [-0.2, -0.15) is 0 Å². The second-order valence-corrected chi connectivity index (χ2v) is 5.14. The third-order valence-electron chi connectivity index (χ3n) is 3.68. The molecule has 0 aromatic rings. The quantitative estimate of drug-likeness (QED) is 0.363. The van der Waals surface area contributed by atoms with Crippen molar-refractivity contribution in [1.29, 1.82) is 0 Å². The largest absolute Gasteiger partial charge is 0.454 e. The first-order valence-corrected chi connectivity index (χ1v) is 6.30. The lowest BCUT2D eigenvalue weighted by molar-refractivity contribution is -0.137. The van der Waals surface area contributed by atoms with Gasteiger partial charge in [0, 0.05) is 11.5 Å². The molecule has 0 bridgehead atoms. The number of allylic oxidation sites excluding steroid dienone is 3. The molecule has 1 aliphatic heterocycles. The van der Waals surface area contributed by atoms with Gasteiger partial charge in [-0.25, -0.2) is 4.79 Å². The molecule has 17 heavy (non-hydrogen) atoms. The lowest BCUT2D eigenvalue weighted by atomic mass is 9.88. The summed E-state index contributed by atoms with van der Waals surface area (Å²) in [7, 11) is 0. The van der Waals surface area contributed by atoms with Gasteiger partial charge < -0.3 is 4.74 Å². The maximum atomic E-state index is 11.6. The van der Waals surface area contributed by atoms with E-state index in [1.54, 1.807) is 0 Å². The Labute approximate surface area is 103 Å². The van der Waals surface area contributed by atoms with E-state index in [2.05, 4.69) is 32.6 Å². The highest BCUT2D eigenvalue weighted by Gasteiger charge is 2.36. The molecule has 1 saturated heterocycles. The normalized spacial score (nSPS) is 36.4. The minimum Gasteiger partial charge on any atom is -0.454 e. The van der Waals surface area contributed by atoms with Crippen molar-refractivity contribution in [2.24, 2.45) is 5.92 Å². The number of esters is 1. The molecule has 1 aliphatic carbocycles. The van der Waals surface area contributed by atoms with E-state index in [-0.39, 0.29) is 18.0 Å². The Morgan fingerprint density at radius 3 is 2.82 bits per heavy atom. The minimum absolute atomic E-state index is 0.0825. The van der Waals surface area contributed by atoms with Crippen LogP contribution < -0.4 is 0 Å². The fraction of sp³-hybridized carbons (Fsp3) is 0.533. The number of fused-ring (bicyclic) bond motifs is 1. The molecular formula is C15H20O2. The van der Waals surface area contributed by atoms with Crippen molar-refractivity contribution in [3.05, 3.63) is 35.5 Å². The fourth-order valence-electron chi connectivity index (χ4n) is 2.51. The van der Waals surface area contributed by atoms with E-state index in [4.69, 9.17) is 4.74 Å². The Morgan fingerprint density at radius 2 is 2.06 bits per heavy atom. The summed E-state index contributed by atoms with van der Waals surface area (Å²) >= 11 is 0. The van der Waals surface area contributed by atoms with E-state index in [1.165, 1.54) is 11.1 Å². The van der Waals surface area contributed by atoms with Crippen LogP contribution in [0.15, 0.2) is 35.5 Å². The molecule has 0 aromatic carbocycles. The van der Waals surface area contributed by atoms with Crippen LogP contribution in [0.2, 0.25) is 0 Å². The SMILES string of the molecule is C=C1C(=O)O[C@H]2/C=C(\C)CC/C=C(/C)CC[C@@H]12. The van der Waals surface area contributed by atoms with E-state index in [9.17, 15) is 4.79 Å². The zero-order valence-corrected chi connectivity index (χ0v) is 10.7. The molecule has 2 aliphatic rings. The highest BCUT2D eigenvalue weighted by molar-refractivity contribution is 5.91. The number of carbonyl (C=O) groups is 1. The predicted octanol–water partition coefficient (Wildman–Crippen LogP) is 3.55. The third kappa shape index (κ3) is 2.68. The van der Waals surface area contributed by atoms with Gasteiger partial charge in [-0.3, -0.25) is 0 Å². The molecule has 0 N–H and O–H groups in total. The smallest absolute Gasteiger partial charge is 0.334 e. The van der Waals surface area contributed by atoms with E-state index in [1.807, 2.05) is 0 Å². The van der Waals surface area contributed by atoms with Crippen LogP contribution in [0, 0.1) is 5.92 Å². The molecule has 2 heteroatoms. The molecule has 1 fully saturated rings. The molecule has 2 nitrogen and oxygen atoms in total. The lowest BCUT2D eigenvalue weighted by Gasteiger charge is -2.17. The van der Waals surface area contributed by atoms with Gasteiger partial charge in [0.1, 0.15) is 6.10 Å². The van der Waals surface area contributed by atoms with Crippen molar-refractivity contribution < 1.29 is 9.53 Å². The number of ether oxygens (including phenoxy) is 1. The zero-order valence-electron chi connectivity index (χ0n) is 10.7. The number of hydrogen-bond acceptors (Lipinski definition) is 2. The van der Waals surface area contributed by atoms with Crippen molar-refractivity contribution >= 4 is 5.97 Å². The summed E-state index contributed by atoms with van der Waals surface area (Å²) in [6.07, 6.45) is 8.45. The van der Waals surface area contributed by atoms with E-state index in [0.717, 1.165) is 25.7 Å². The van der Waals surface area contributed by atoms with Crippen molar-refractivity contribution in [1.82, 2.24) is 0 Å². The first-order valence-electron chi connectivity index (χ1n) is 6.30. The van der Waals surface area contributed by atoms with Crippen LogP contribution in [-0.4, -0.2) is 12.1 Å². The summed E-state index contributed by atoms with van der Waals surface area (Å²) in [6, 6.07) is 0. The molecule has 0 radical (unpaired) electrons. The highest BCUT2D eigenvalue weighted by atomic mass is 16.5. The zero-order chi connectivity index (χ0) is 12.4. The van der Waals surface area contributed by atoms with Crippen molar-refractivity contribution in [3.8, 4) is 0 Å². The standard InChI is InChI=1S/C15H20O2/c1-10-5-4-6-11(2)9-14-13(8-7-10)12(3)15(16)17-14/h5,9,13-14H,3-4,6-8H2,1-2H3/b10-5-,11-9+/t13-,14-/m0/s1. The fourth-order valence-corrected chi connectivity index (χ4v) is 2.51. The van der Waals surface area contributed by atoms with Crippen molar-refractivity contribution in [2.75, 3.05) is 0 Å². The maximum Gasteiger partial charge on any atom is 0.334 e. The molecule has 0 unspecified atom stereocenters. The summed E-state index contributed by atoms with van der Waals surface area (Å²) in [4.78, 5) is 11.6. The molecule has 2 rings (SSSR count). The Morgan fingerprint density at radius 1 is 1.29 bits per heavy atom. The Kier molecular flexibility index (Phi) is 3.51. The van der Waals surface area contributed by atoms with Gasteiger partial charge in [-0.05, 0) is 45.6 Å². The minimum atomic E-state index is -0.218. The van der Waals surface area contributed by atoms with Gasteiger partial charge in [0.05, 0.1) is 0 Å². The molecule has 0 saturated carbocycles. The van der Waals surface area contributed by atoms with Crippen molar-refractivity contribution in [3.63, 3.8) is 0 Å². The van der Waals surface area contributed by atoms with E-state index >= 15 is 0 Å². The summed E-state index contributed by atoms with van der Waals surface area (Å²) in [5.74, 6) is -0.0520. The molecule has 2 atom stereocenters. The summed E-state index contributed by atoms with van der Waals surface area (Å²) < 4.78 is 5.38. The molecule has 0 aromatic heterocycles. The summed E-state index contributed by atoms with van der Waals surface area (Å²) in [5.41, 5.74) is 3.35. The Balaban J connectivity index is 2.24. The first kappa shape index (κ1) is 12.2. The molecular weight excluding hydrogens is 212 g/mol. The van der Waals surface area contributed by atoms with Crippen LogP contribution in [0.1, 0.15) is 39.5 Å². The van der Waals surface area contributed by atoms with Gasteiger partial charge in [0.15, 0.2) is 0 Å². The predicted molar refractivity (Wildman–Crippen MR) is 68.5 cm³/mol. The van der Waals surface area contributed by atoms with E-state index < -0.39 is 0 Å². The third-order valence-corrected chi connectivity index (χ3v) is 3.68. The second-order valence-electron chi connectivity index (χ2n) is 5.14. The van der Waals surface area contributed by atoms with Crippen molar-refractivity contribution in [2.45, 2.75) is 45.6 Å². The number of hydrogen-bond donors (Lipinski definition) is 0.